The normalized spacial score (nSPS) is 14.0. The number of hydrogen-bond donors (Lipinski definition) is 12. The van der Waals surface area contributed by atoms with Gasteiger partial charge in [-0.15, -0.1) is 0 Å². The van der Waals surface area contributed by atoms with Crippen LogP contribution in [0.2, 0.25) is 0 Å². The van der Waals surface area contributed by atoms with Gasteiger partial charge in [-0.1, -0.05) is 66.7 Å². The minimum absolute atomic E-state index is 0.00791. The van der Waals surface area contributed by atoms with Crippen molar-refractivity contribution in [3.63, 3.8) is 0 Å². The molecule has 68 heavy (non-hydrogen) atoms. The Kier molecular flexibility index (Phi) is 18.4. The van der Waals surface area contributed by atoms with E-state index in [1.54, 1.807) is 48.9 Å². The second kappa shape index (κ2) is 25.0. The number of benzene rings is 3. The molecule has 0 aliphatic rings. The first kappa shape index (κ1) is 50.1. The molecule has 0 aliphatic heterocycles. The molecule has 19 nitrogen and oxygen atoms in total. The molecule has 360 valence electrons. The lowest BCUT2D eigenvalue weighted by Crippen LogP contribution is -2.60. The molecule has 3 aromatic heterocycles. The zero-order valence-electron chi connectivity index (χ0n) is 37.8. The van der Waals surface area contributed by atoms with E-state index in [9.17, 15) is 33.9 Å². The van der Waals surface area contributed by atoms with Crippen LogP contribution in [0.25, 0.3) is 21.8 Å². The topological polar surface area (TPSA) is 321 Å². The number of unbranched alkanes of at least 4 members (excludes halogenated alkanes) is 2. The first-order valence-corrected chi connectivity index (χ1v) is 23.0. The molecule has 0 spiro atoms. The number of aromatic nitrogens is 4. The lowest BCUT2D eigenvalue weighted by atomic mass is 10.00. The van der Waals surface area contributed by atoms with E-state index in [1.165, 1.54) is 6.33 Å². The first-order chi connectivity index (χ1) is 32.9. The maximum Gasteiger partial charge on any atom is 0.326 e. The van der Waals surface area contributed by atoms with E-state index >= 15 is 0 Å². The molecule has 0 bridgehead atoms. The molecule has 5 amide bonds. The molecule has 0 unspecified atom stereocenters. The van der Waals surface area contributed by atoms with Gasteiger partial charge in [0.15, 0.2) is 0 Å². The van der Waals surface area contributed by atoms with Gasteiger partial charge in [0.05, 0.1) is 18.1 Å². The number of amides is 5. The van der Waals surface area contributed by atoms with Crippen molar-refractivity contribution in [2.75, 3.05) is 13.1 Å². The summed E-state index contributed by atoms with van der Waals surface area (Å²) >= 11 is 0. The van der Waals surface area contributed by atoms with Crippen molar-refractivity contribution >= 4 is 57.3 Å². The van der Waals surface area contributed by atoms with Gasteiger partial charge in [0.2, 0.25) is 29.5 Å². The third kappa shape index (κ3) is 14.1. The highest BCUT2D eigenvalue weighted by atomic mass is 16.4. The summed E-state index contributed by atoms with van der Waals surface area (Å²) in [6, 6.07) is 16.7. The zero-order valence-corrected chi connectivity index (χ0v) is 37.8. The summed E-state index contributed by atoms with van der Waals surface area (Å²) in [6.07, 6.45) is 8.94. The number of para-hydroxylation sites is 2. The third-order valence-corrected chi connectivity index (χ3v) is 11.8. The van der Waals surface area contributed by atoms with Crippen molar-refractivity contribution in [2.24, 2.45) is 17.2 Å². The predicted molar refractivity (Wildman–Crippen MR) is 258 cm³/mol. The van der Waals surface area contributed by atoms with Crippen LogP contribution in [0, 0.1) is 0 Å². The number of carboxylic acids is 1. The van der Waals surface area contributed by atoms with Gasteiger partial charge < -0.3 is 63.8 Å². The van der Waals surface area contributed by atoms with Crippen LogP contribution in [0.3, 0.4) is 0 Å². The highest BCUT2D eigenvalue weighted by molar-refractivity contribution is 5.97. The standard InChI is InChI=1S/C49H62N12O7/c50-20-10-8-18-39(57-47(65)42(23-31-26-54-37-16-6-4-14-34(31)37)59-44(62)36(52)25-33-28-53-29-56-33)45(63)61-43(24-32-27-55-38-17-7-5-15-35(32)38)48(66)60-41(22-30-12-2-1-3-13-30)46(64)58-40(49(67)68)19-9-11-21-51/h1-7,12-17,26-29,36,39-43,54-55H,8-11,18-25,50-52H2,(H,53,56)(H,57,65)(H,58,64)(H,59,62)(H,60,66)(H,61,63)(H,67,68)/t36-,39+,40-,41+,42+,43-/m0/s1. The fraction of sp³-hybridized carbons (Fsp3) is 0.367. The molecular weight excluding hydrogens is 869 g/mol. The molecule has 0 saturated carbocycles. The second-order valence-corrected chi connectivity index (χ2v) is 16.9. The van der Waals surface area contributed by atoms with Crippen LogP contribution in [0.15, 0.2) is 104 Å². The lowest BCUT2D eigenvalue weighted by Gasteiger charge is -2.27. The molecule has 0 fully saturated rings. The molecule has 15 N–H and O–H groups in total. The number of imidazole rings is 1. The molecular formula is C49H62N12O7. The Morgan fingerprint density at radius 3 is 1.50 bits per heavy atom. The Morgan fingerprint density at radius 2 is 0.985 bits per heavy atom. The smallest absolute Gasteiger partial charge is 0.326 e. The number of carbonyl (C=O) groups excluding carboxylic acids is 5. The van der Waals surface area contributed by atoms with E-state index in [-0.39, 0.29) is 38.5 Å². The maximum absolute atomic E-state index is 14.7. The number of nitrogens with one attached hydrogen (secondary N) is 8. The Morgan fingerprint density at radius 1 is 0.529 bits per heavy atom. The van der Waals surface area contributed by atoms with Crippen LogP contribution >= 0.6 is 0 Å². The van der Waals surface area contributed by atoms with Crippen LogP contribution in [-0.4, -0.2) is 110 Å². The summed E-state index contributed by atoms with van der Waals surface area (Å²) in [5, 5.41) is 25.6. The highest BCUT2D eigenvalue weighted by Gasteiger charge is 2.34. The highest BCUT2D eigenvalue weighted by Crippen LogP contribution is 2.21. The molecule has 6 aromatic rings. The molecule has 19 heteroatoms. The van der Waals surface area contributed by atoms with E-state index in [0.717, 1.165) is 27.4 Å². The molecule has 3 aromatic carbocycles. The zero-order chi connectivity index (χ0) is 48.4. The lowest BCUT2D eigenvalue weighted by molar-refractivity contribution is -0.142. The van der Waals surface area contributed by atoms with Gasteiger partial charge in [-0.05, 0) is 80.4 Å². The number of carbonyl (C=O) groups is 6. The number of nitrogens with zero attached hydrogens (tertiary/aromatic N) is 1. The molecule has 0 saturated heterocycles. The summed E-state index contributed by atoms with van der Waals surface area (Å²) in [6.45, 7) is 0.680. The monoisotopic (exact) mass is 930 g/mol. The average Bonchev–Trinajstić information content (AvgIpc) is 4.11. The first-order valence-electron chi connectivity index (χ1n) is 23.0. The van der Waals surface area contributed by atoms with Crippen molar-refractivity contribution in [3.05, 3.63) is 126 Å². The Bertz CT molecular complexity index is 2600. The summed E-state index contributed by atoms with van der Waals surface area (Å²) in [4.78, 5) is 97.0. The van der Waals surface area contributed by atoms with Gasteiger partial charge in [-0.3, -0.25) is 24.0 Å². The molecule has 6 atom stereocenters. The van der Waals surface area contributed by atoms with Crippen LogP contribution in [-0.2, 0) is 54.5 Å². The number of rotatable bonds is 27. The summed E-state index contributed by atoms with van der Waals surface area (Å²) in [7, 11) is 0. The summed E-state index contributed by atoms with van der Waals surface area (Å²) in [5.41, 5.74) is 22.1. The largest absolute Gasteiger partial charge is 0.480 e. The van der Waals surface area contributed by atoms with Gasteiger partial charge >= 0.3 is 5.97 Å². The second-order valence-electron chi connectivity index (χ2n) is 16.9. The number of aliphatic carboxylic acids is 1. The van der Waals surface area contributed by atoms with Crippen LogP contribution < -0.4 is 43.8 Å². The maximum atomic E-state index is 14.7. The van der Waals surface area contributed by atoms with Crippen molar-refractivity contribution in [3.8, 4) is 0 Å². The number of nitrogens with two attached hydrogens (primary N) is 3. The fourth-order valence-corrected chi connectivity index (χ4v) is 8.12. The van der Waals surface area contributed by atoms with Gasteiger partial charge in [-0.2, -0.15) is 0 Å². The fourth-order valence-electron chi connectivity index (χ4n) is 8.12. The predicted octanol–water partition coefficient (Wildman–Crippen LogP) is 1.74. The van der Waals surface area contributed by atoms with E-state index in [2.05, 4.69) is 46.5 Å². The molecule has 0 radical (unpaired) electrons. The Hall–Kier alpha value is -7.35. The van der Waals surface area contributed by atoms with Crippen LogP contribution in [0.5, 0.6) is 0 Å². The van der Waals surface area contributed by atoms with E-state index < -0.39 is 71.8 Å². The van der Waals surface area contributed by atoms with Crippen molar-refractivity contribution in [2.45, 2.75) is 100 Å². The Labute approximate surface area is 393 Å². The SMILES string of the molecule is NCCCC[C@H](NC(=O)[C@@H](Cc1ccccc1)NC(=O)[C@H](Cc1c[nH]c2ccccc12)NC(=O)[C@@H](CCCCN)NC(=O)[C@@H](Cc1c[nH]c2ccccc12)NC(=O)[C@@H](N)Cc1c[nH]cn1)C(=O)O. The van der Waals surface area contributed by atoms with Gasteiger partial charge in [0.1, 0.15) is 30.2 Å². The van der Waals surface area contributed by atoms with Gasteiger partial charge in [0.25, 0.3) is 0 Å². The number of hydrogen-bond acceptors (Lipinski definition) is 10. The van der Waals surface area contributed by atoms with E-state index in [4.69, 9.17) is 17.2 Å². The number of carboxylic acid groups (broad SMARTS) is 1. The van der Waals surface area contributed by atoms with Crippen molar-refractivity contribution in [1.29, 1.82) is 0 Å². The quantitative estimate of drug-likeness (QED) is 0.0330. The number of H-pyrrole nitrogens is 3. The van der Waals surface area contributed by atoms with E-state index in [0.29, 0.717) is 55.6 Å². The summed E-state index contributed by atoms with van der Waals surface area (Å²) < 4.78 is 0. The Balaban J connectivity index is 1.28. The third-order valence-electron chi connectivity index (χ3n) is 11.8. The minimum Gasteiger partial charge on any atom is -0.480 e. The summed E-state index contributed by atoms with van der Waals surface area (Å²) in [5.74, 6) is -4.65. The number of fused-ring (bicyclic) bond motifs is 2. The van der Waals surface area contributed by atoms with Crippen molar-refractivity contribution in [1.82, 2.24) is 46.5 Å². The van der Waals surface area contributed by atoms with Gasteiger partial charge in [0, 0.05) is 66.1 Å². The average molecular weight is 931 g/mol. The van der Waals surface area contributed by atoms with Crippen LogP contribution in [0.4, 0.5) is 0 Å². The van der Waals surface area contributed by atoms with Crippen LogP contribution in [0.1, 0.15) is 60.9 Å². The minimum atomic E-state index is -1.30. The molecule has 3 heterocycles. The van der Waals surface area contributed by atoms with Crippen molar-refractivity contribution < 1.29 is 33.9 Å². The van der Waals surface area contributed by atoms with Gasteiger partial charge in [-0.25, -0.2) is 9.78 Å². The molecule has 0 aliphatic carbocycles. The molecule has 6 rings (SSSR count). The number of aromatic amines is 3. The van der Waals surface area contributed by atoms with E-state index in [1.807, 2.05) is 48.5 Å².